The van der Waals surface area contributed by atoms with E-state index in [0.29, 0.717) is 44.3 Å². The fraction of sp³-hybridized carbons (Fsp3) is 0.523. The summed E-state index contributed by atoms with van der Waals surface area (Å²) < 4.78 is 66.2. The number of benzene rings is 2. The number of H-pyrrole nitrogens is 2. The molecule has 2 aliphatic rings. The van der Waals surface area contributed by atoms with Gasteiger partial charge >= 0.3 is 5.97 Å². The molecule has 18 heteroatoms. The van der Waals surface area contributed by atoms with Crippen molar-refractivity contribution >= 4 is 51.4 Å². The van der Waals surface area contributed by atoms with Crippen LogP contribution in [0.4, 0.5) is 17.6 Å². The molecule has 2 aliphatic heterocycles. The van der Waals surface area contributed by atoms with Crippen molar-refractivity contribution in [3.63, 3.8) is 0 Å². The minimum atomic E-state index is -3.25. The smallest absolute Gasteiger partial charge is 0.302 e. The van der Waals surface area contributed by atoms with Gasteiger partial charge in [-0.2, -0.15) is 0 Å². The number of aromatic nitrogens is 2. The summed E-state index contributed by atoms with van der Waals surface area (Å²) in [4.78, 5) is 75.5. The molecule has 2 aromatic heterocycles. The molecule has 0 spiro atoms. The van der Waals surface area contributed by atoms with Gasteiger partial charge in [-0.25, -0.2) is 17.6 Å². The quantitative estimate of drug-likeness (QED) is 0.0706. The fourth-order valence-corrected chi connectivity index (χ4v) is 8.71. The number of hydrogen-bond acceptors (Lipinski definition) is 8. The monoisotopic (exact) mass is 868 g/mol. The Kier molecular flexibility index (Phi) is 14.0. The van der Waals surface area contributed by atoms with Crippen LogP contribution in [0.3, 0.4) is 0 Å². The second-order valence-corrected chi connectivity index (χ2v) is 16.5. The number of fused-ring (bicyclic) bond motifs is 2. The lowest BCUT2D eigenvalue weighted by Gasteiger charge is -2.30. The summed E-state index contributed by atoms with van der Waals surface area (Å²) in [5, 5.41) is 12.3. The molecule has 6 rings (SSSR count). The standard InChI is InChI=1S/C44H56F4N8O6/c1-8-34(53-40(58)22(3)49-6)42(60)55-20-29(62-24(5)57)16-27(55)17-32-30-12-10-25(45)14-36(30)51-38(32)39-33(31-13-11-26(46)15-37(31)52-39)18-28-19-44(47,48)21-56(28)43(61)35(9-2)54-41(59)23(4)50-7/h10-15,22-23,27-29,34-35,49-52H,8-9,16-21H2,1-7H3,(H,53,58)(H,54,59)/t22-,23-,27-,28+,29-,34-,35-/m0/s1. The van der Waals surface area contributed by atoms with E-state index >= 15 is 8.78 Å². The third-order valence-corrected chi connectivity index (χ3v) is 12.2. The summed E-state index contributed by atoms with van der Waals surface area (Å²) in [5.41, 5.74) is 2.63. The summed E-state index contributed by atoms with van der Waals surface area (Å²) in [6.45, 7) is 7.19. The Hall–Kier alpha value is -5.49. The van der Waals surface area contributed by atoms with Crippen LogP contribution in [0.5, 0.6) is 0 Å². The predicted octanol–water partition coefficient (Wildman–Crippen LogP) is 4.45. The topological polar surface area (TPSA) is 181 Å². The molecule has 0 aliphatic carbocycles. The zero-order valence-electron chi connectivity index (χ0n) is 36.0. The van der Waals surface area contributed by atoms with E-state index in [9.17, 15) is 32.8 Å². The highest BCUT2D eigenvalue weighted by Gasteiger charge is 2.49. The number of likely N-dealkylation sites (tertiary alicyclic amines) is 2. The van der Waals surface area contributed by atoms with Crippen LogP contribution >= 0.6 is 0 Å². The minimum Gasteiger partial charge on any atom is -0.461 e. The zero-order chi connectivity index (χ0) is 45.2. The van der Waals surface area contributed by atoms with Crippen molar-refractivity contribution in [1.82, 2.24) is 41.0 Å². The molecule has 4 amide bonds. The minimum absolute atomic E-state index is 0.0487. The van der Waals surface area contributed by atoms with Crippen molar-refractivity contribution in [3.8, 4) is 11.4 Å². The van der Waals surface area contributed by atoms with Crippen LogP contribution < -0.4 is 21.3 Å². The largest absolute Gasteiger partial charge is 0.461 e. The lowest BCUT2D eigenvalue weighted by molar-refractivity contribution is -0.146. The Labute approximate surface area is 357 Å². The molecule has 7 atom stereocenters. The molecule has 0 saturated carbocycles. The Balaban J connectivity index is 1.44. The summed E-state index contributed by atoms with van der Waals surface area (Å²) in [6.07, 6.45) is -0.649. The summed E-state index contributed by atoms with van der Waals surface area (Å²) >= 11 is 0. The number of carbonyl (C=O) groups is 5. The van der Waals surface area contributed by atoms with E-state index in [0.717, 1.165) is 4.90 Å². The van der Waals surface area contributed by atoms with Crippen LogP contribution in [0.1, 0.15) is 71.4 Å². The zero-order valence-corrected chi connectivity index (χ0v) is 36.0. The molecule has 14 nitrogen and oxygen atoms in total. The molecule has 62 heavy (non-hydrogen) atoms. The highest BCUT2D eigenvalue weighted by Crippen LogP contribution is 2.41. The van der Waals surface area contributed by atoms with E-state index in [2.05, 4.69) is 31.2 Å². The van der Waals surface area contributed by atoms with Gasteiger partial charge in [0.05, 0.1) is 36.6 Å². The average molecular weight is 869 g/mol. The van der Waals surface area contributed by atoms with Crippen LogP contribution in [0.15, 0.2) is 36.4 Å². The van der Waals surface area contributed by atoms with Crippen molar-refractivity contribution in [2.24, 2.45) is 0 Å². The van der Waals surface area contributed by atoms with Crippen LogP contribution in [0, 0.1) is 11.6 Å². The highest BCUT2D eigenvalue weighted by atomic mass is 19.3. The number of carbonyl (C=O) groups excluding carboxylic acids is 5. The Bertz CT molecular complexity index is 2330. The molecular weight excluding hydrogens is 813 g/mol. The molecule has 2 saturated heterocycles. The molecule has 2 fully saturated rings. The van der Waals surface area contributed by atoms with Crippen molar-refractivity contribution in [3.05, 3.63) is 59.2 Å². The van der Waals surface area contributed by atoms with Crippen LogP contribution in [0.2, 0.25) is 0 Å². The number of nitrogens with zero attached hydrogens (tertiary/aromatic N) is 2. The van der Waals surface area contributed by atoms with E-state index < -0.39 is 90.7 Å². The number of esters is 1. The Morgan fingerprint density at radius 2 is 1.24 bits per heavy atom. The first kappa shape index (κ1) is 46.0. The molecule has 4 heterocycles. The maximum absolute atomic E-state index is 15.4. The summed E-state index contributed by atoms with van der Waals surface area (Å²) in [7, 11) is 3.21. The molecule has 4 aromatic rings. The van der Waals surface area contributed by atoms with E-state index in [1.165, 1.54) is 37.3 Å². The fourth-order valence-electron chi connectivity index (χ4n) is 8.71. The van der Waals surface area contributed by atoms with Gasteiger partial charge in [-0.3, -0.25) is 24.0 Å². The molecule has 6 N–H and O–H groups in total. The second-order valence-electron chi connectivity index (χ2n) is 16.5. The maximum Gasteiger partial charge on any atom is 0.302 e. The SMILES string of the molecule is CC[C@H](NC(=O)[C@H](C)NC)C(=O)N1C[C@@H](OC(C)=O)C[C@H]1Cc1c(-c2[nH]c3cc(F)ccc3c2C[C@@H]2CC(F)(F)CN2C(=O)[C@H](CC)NC(=O)[C@H](C)NC)[nH]c2cc(F)ccc12. The number of alkyl halides is 2. The number of aromatic amines is 2. The molecule has 0 radical (unpaired) electrons. The van der Waals surface area contributed by atoms with Gasteiger partial charge in [0, 0.05) is 53.7 Å². The van der Waals surface area contributed by atoms with Gasteiger partial charge in [-0.15, -0.1) is 0 Å². The van der Waals surface area contributed by atoms with Crippen molar-refractivity contribution in [2.45, 2.75) is 121 Å². The molecular formula is C44H56F4N8O6. The number of nitrogens with one attached hydrogen (secondary N) is 6. The first-order chi connectivity index (χ1) is 29.4. The van der Waals surface area contributed by atoms with E-state index in [1.807, 2.05) is 0 Å². The van der Waals surface area contributed by atoms with Gasteiger partial charge in [0.15, 0.2) is 0 Å². The molecule has 0 unspecified atom stereocenters. The van der Waals surface area contributed by atoms with E-state index in [-0.39, 0.29) is 50.5 Å². The van der Waals surface area contributed by atoms with Crippen LogP contribution in [0.25, 0.3) is 33.2 Å². The Morgan fingerprint density at radius 3 is 1.69 bits per heavy atom. The number of rotatable bonds is 16. The number of amides is 4. The second kappa shape index (κ2) is 18.9. The first-order valence-corrected chi connectivity index (χ1v) is 21.1. The van der Waals surface area contributed by atoms with Crippen LogP contribution in [-0.4, -0.2) is 125 Å². The normalized spacial score (nSPS) is 20.6. The van der Waals surface area contributed by atoms with Gasteiger partial charge in [0.2, 0.25) is 23.6 Å². The van der Waals surface area contributed by atoms with Gasteiger partial charge in [-0.05, 0) is 101 Å². The number of ether oxygens (including phenoxy) is 1. The Morgan fingerprint density at radius 1 is 0.774 bits per heavy atom. The van der Waals surface area contributed by atoms with Gasteiger partial charge in [0.25, 0.3) is 5.92 Å². The average Bonchev–Trinajstić information content (AvgIpc) is 3.98. The number of halogens is 4. The van der Waals surface area contributed by atoms with Crippen LogP contribution in [-0.2, 0) is 41.6 Å². The van der Waals surface area contributed by atoms with Gasteiger partial charge < -0.3 is 45.8 Å². The molecule has 0 bridgehead atoms. The summed E-state index contributed by atoms with van der Waals surface area (Å²) in [5.74, 6) is -6.75. The molecule has 336 valence electrons. The van der Waals surface area contributed by atoms with Crippen molar-refractivity contribution < 1.29 is 46.3 Å². The van der Waals surface area contributed by atoms with E-state index in [4.69, 9.17) is 4.74 Å². The van der Waals surface area contributed by atoms with Gasteiger partial charge in [0.1, 0.15) is 29.8 Å². The lowest BCUT2D eigenvalue weighted by Crippen LogP contribution is -2.53. The van der Waals surface area contributed by atoms with E-state index in [1.54, 1.807) is 52.8 Å². The highest BCUT2D eigenvalue weighted by molar-refractivity contribution is 5.97. The third kappa shape index (κ3) is 9.75. The number of hydrogen-bond donors (Lipinski definition) is 6. The third-order valence-electron chi connectivity index (χ3n) is 12.2. The number of likely N-dealkylation sites (N-methyl/N-ethyl adjacent to an activating group) is 2. The first-order valence-electron chi connectivity index (χ1n) is 21.1. The lowest BCUT2D eigenvalue weighted by atomic mass is 9.94. The predicted molar refractivity (Wildman–Crippen MR) is 225 cm³/mol. The summed E-state index contributed by atoms with van der Waals surface area (Å²) in [6, 6.07) is 3.43. The van der Waals surface area contributed by atoms with Crippen molar-refractivity contribution in [1.29, 1.82) is 0 Å². The van der Waals surface area contributed by atoms with Gasteiger partial charge in [-0.1, -0.05) is 13.8 Å². The van der Waals surface area contributed by atoms with Crippen molar-refractivity contribution in [2.75, 3.05) is 27.2 Å². The maximum atomic E-state index is 15.4. The molecule has 2 aromatic carbocycles.